The van der Waals surface area contributed by atoms with Gasteiger partial charge in [-0.3, -0.25) is 4.79 Å². The molecule has 0 aromatic heterocycles. The third-order valence-electron chi connectivity index (χ3n) is 8.24. The van der Waals surface area contributed by atoms with Crippen molar-refractivity contribution in [3.8, 4) is 5.75 Å². The fraction of sp³-hybridized carbons (Fsp3) is 0.467. The van der Waals surface area contributed by atoms with E-state index in [0.29, 0.717) is 24.1 Å². The number of carbonyl (C=O) groups is 2. The number of hydrogen-bond acceptors (Lipinski definition) is 4. The molecule has 0 radical (unpaired) electrons. The van der Waals surface area contributed by atoms with Crippen LogP contribution in [0.2, 0.25) is 0 Å². The number of alkyl halides is 6. The van der Waals surface area contributed by atoms with Crippen LogP contribution in [-0.4, -0.2) is 43.6 Å². The highest BCUT2D eigenvalue weighted by Crippen LogP contribution is 2.44. The summed E-state index contributed by atoms with van der Waals surface area (Å²) in [5.41, 5.74) is -2.60. The van der Waals surface area contributed by atoms with Crippen molar-refractivity contribution in [1.29, 1.82) is 0 Å². The molecular weight excluding hydrogens is 585 g/mol. The molecule has 1 aliphatic heterocycles. The van der Waals surface area contributed by atoms with E-state index in [1.807, 2.05) is 13.0 Å². The third-order valence-corrected chi connectivity index (χ3v) is 8.24. The van der Waals surface area contributed by atoms with E-state index in [0.717, 1.165) is 0 Å². The number of rotatable bonds is 6. The van der Waals surface area contributed by atoms with E-state index in [4.69, 9.17) is 9.47 Å². The van der Waals surface area contributed by atoms with Gasteiger partial charge in [0, 0.05) is 20.5 Å². The highest BCUT2D eigenvalue weighted by atomic mass is 19.4. The van der Waals surface area contributed by atoms with E-state index in [-0.39, 0.29) is 53.8 Å². The minimum absolute atomic E-state index is 0.00896. The molecule has 2 aromatic carbocycles. The maximum Gasteiger partial charge on any atom is 0.416 e. The van der Waals surface area contributed by atoms with Crippen LogP contribution in [0.5, 0.6) is 5.75 Å². The van der Waals surface area contributed by atoms with Gasteiger partial charge in [0.05, 0.1) is 35.5 Å². The number of halogens is 7. The van der Waals surface area contributed by atoms with Gasteiger partial charge >= 0.3 is 18.4 Å². The maximum atomic E-state index is 15.8. The van der Waals surface area contributed by atoms with Crippen LogP contribution >= 0.6 is 0 Å². The number of nitrogens with zero attached hydrogens (tertiary/aromatic N) is 2. The summed E-state index contributed by atoms with van der Waals surface area (Å²) < 4.78 is 107. The first kappa shape index (κ1) is 32.2. The van der Waals surface area contributed by atoms with Crippen molar-refractivity contribution >= 4 is 23.3 Å². The summed E-state index contributed by atoms with van der Waals surface area (Å²) in [5, 5.41) is 0. The molecule has 1 aliphatic carbocycles. The first-order chi connectivity index (χ1) is 19.9. The first-order valence-corrected chi connectivity index (χ1v) is 13.5. The molecule has 1 fully saturated rings. The Hall–Kier alpha value is -3.77. The van der Waals surface area contributed by atoms with Crippen LogP contribution in [-0.2, 0) is 21.9 Å². The molecule has 4 atom stereocenters. The average Bonchev–Trinajstić information content (AvgIpc) is 3.20. The van der Waals surface area contributed by atoms with Gasteiger partial charge in [-0.25, -0.2) is 9.18 Å². The lowest BCUT2D eigenvalue weighted by atomic mass is 9.78. The van der Waals surface area contributed by atoms with Gasteiger partial charge in [-0.15, -0.1) is 0 Å². The molecule has 6 nitrogen and oxygen atoms in total. The molecular formula is C30H31F7N2O4. The Bertz CT molecular complexity index is 1400. The summed E-state index contributed by atoms with van der Waals surface area (Å²) >= 11 is 0. The van der Waals surface area contributed by atoms with Gasteiger partial charge in [-0.05, 0) is 73.1 Å². The van der Waals surface area contributed by atoms with Gasteiger partial charge in [-0.2, -0.15) is 26.3 Å². The molecule has 4 rings (SSSR count). The number of methoxy groups -OCH3 is 1. The number of amides is 2. The second-order valence-electron chi connectivity index (χ2n) is 11.0. The monoisotopic (exact) mass is 616 g/mol. The minimum Gasteiger partial charge on any atom is -0.496 e. The van der Waals surface area contributed by atoms with E-state index in [1.54, 1.807) is 6.07 Å². The van der Waals surface area contributed by atoms with Crippen LogP contribution in [0.3, 0.4) is 0 Å². The SMILES string of the molecule is COc1ccc(N(C)C(C)=O)c(F)c1C1=CCC(C)C(CN2C(=O)O[C@H](c3cc(C(F)(F)F)cc(C(F)(F)F)c3)[C@@H]2C)C1. The maximum absolute atomic E-state index is 15.8. The molecule has 43 heavy (non-hydrogen) atoms. The predicted molar refractivity (Wildman–Crippen MR) is 144 cm³/mol. The first-order valence-electron chi connectivity index (χ1n) is 13.5. The van der Waals surface area contributed by atoms with E-state index in [9.17, 15) is 35.9 Å². The Balaban J connectivity index is 1.62. The molecule has 13 heteroatoms. The summed E-state index contributed by atoms with van der Waals surface area (Å²) in [6.07, 6.45) is -9.70. The second kappa shape index (κ2) is 11.7. The van der Waals surface area contributed by atoms with Crippen molar-refractivity contribution in [1.82, 2.24) is 4.90 Å². The average molecular weight is 617 g/mol. The standard InChI is InChI=1S/C30H31F7N2O4/c1-15-6-7-18(25-24(42-5)9-8-23(26(25)31)38(4)17(3)40)10-20(15)14-39-16(2)27(43-28(39)41)19-11-21(29(32,33)34)13-22(12-19)30(35,36)37/h7-9,11-13,15-16,20,27H,6,10,14H2,1-5H3/t15?,16-,20?,27-/m0/s1. The van der Waals surface area contributed by atoms with Gasteiger partial charge in [0.2, 0.25) is 5.91 Å². The van der Waals surface area contributed by atoms with Crippen LogP contribution in [0.25, 0.3) is 5.57 Å². The number of carbonyl (C=O) groups excluding carboxylic acids is 2. The Morgan fingerprint density at radius 1 is 1.07 bits per heavy atom. The summed E-state index contributed by atoms with van der Waals surface area (Å²) in [6.45, 7) is 4.79. The lowest BCUT2D eigenvalue weighted by Gasteiger charge is -2.34. The lowest BCUT2D eigenvalue weighted by Crippen LogP contribution is -2.38. The van der Waals surface area contributed by atoms with Gasteiger partial charge in [0.25, 0.3) is 0 Å². The Morgan fingerprint density at radius 2 is 1.67 bits per heavy atom. The van der Waals surface area contributed by atoms with Crippen molar-refractivity contribution in [2.24, 2.45) is 11.8 Å². The molecule has 0 saturated carbocycles. The van der Waals surface area contributed by atoms with Crippen molar-refractivity contribution < 1.29 is 49.8 Å². The molecule has 0 spiro atoms. The molecule has 2 amide bonds. The molecule has 0 N–H and O–H groups in total. The zero-order valence-electron chi connectivity index (χ0n) is 24.1. The van der Waals surface area contributed by atoms with E-state index in [2.05, 4.69) is 0 Å². The molecule has 234 valence electrons. The zero-order chi connectivity index (χ0) is 32.0. The Morgan fingerprint density at radius 3 is 2.21 bits per heavy atom. The highest BCUT2D eigenvalue weighted by molar-refractivity contribution is 5.92. The van der Waals surface area contributed by atoms with Crippen LogP contribution in [0.4, 0.5) is 41.2 Å². The number of ether oxygens (including phenoxy) is 2. The van der Waals surface area contributed by atoms with Crippen molar-refractivity contribution in [2.75, 3.05) is 25.6 Å². The molecule has 2 aromatic rings. The fourth-order valence-corrected chi connectivity index (χ4v) is 5.57. The summed E-state index contributed by atoms with van der Waals surface area (Å²) in [5.74, 6) is -1.06. The topological polar surface area (TPSA) is 59.1 Å². The van der Waals surface area contributed by atoms with Crippen molar-refractivity contribution in [3.63, 3.8) is 0 Å². The van der Waals surface area contributed by atoms with Crippen LogP contribution < -0.4 is 9.64 Å². The number of cyclic esters (lactones) is 1. The summed E-state index contributed by atoms with van der Waals surface area (Å²) in [4.78, 5) is 27.3. The van der Waals surface area contributed by atoms with Crippen LogP contribution in [0.15, 0.2) is 36.4 Å². The minimum atomic E-state index is -5.05. The Kier molecular flexibility index (Phi) is 8.77. The van der Waals surface area contributed by atoms with Gasteiger partial charge in [-0.1, -0.05) is 13.0 Å². The molecule has 2 unspecified atom stereocenters. The second-order valence-corrected chi connectivity index (χ2v) is 11.0. The summed E-state index contributed by atoms with van der Waals surface area (Å²) in [7, 11) is 2.83. The quantitative estimate of drug-likeness (QED) is 0.310. The van der Waals surface area contributed by atoms with Gasteiger partial charge in [0.15, 0.2) is 5.82 Å². The van der Waals surface area contributed by atoms with E-state index in [1.165, 1.54) is 43.9 Å². The number of benzene rings is 2. The van der Waals surface area contributed by atoms with Crippen LogP contribution in [0.1, 0.15) is 62.0 Å². The number of anilines is 1. The lowest BCUT2D eigenvalue weighted by molar-refractivity contribution is -0.143. The van der Waals surface area contributed by atoms with Gasteiger partial charge < -0.3 is 19.3 Å². The van der Waals surface area contributed by atoms with E-state index >= 15 is 4.39 Å². The zero-order valence-corrected chi connectivity index (χ0v) is 24.1. The smallest absolute Gasteiger partial charge is 0.416 e. The molecule has 1 heterocycles. The predicted octanol–water partition coefficient (Wildman–Crippen LogP) is 7.87. The van der Waals surface area contributed by atoms with Crippen molar-refractivity contribution in [2.45, 2.75) is 58.1 Å². The summed E-state index contributed by atoms with van der Waals surface area (Å²) in [6, 6.07) is 3.25. The highest BCUT2D eigenvalue weighted by Gasteiger charge is 2.44. The molecule has 1 saturated heterocycles. The normalized spacial score (nSPS) is 22.7. The number of allylic oxidation sites excluding steroid dienone is 2. The molecule has 2 aliphatic rings. The fourth-order valence-electron chi connectivity index (χ4n) is 5.57. The Labute approximate surface area is 244 Å². The third kappa shape index (κ3) is 6.45. The van der Waals surface area contributed by atoms with E-state index < -0.39 is 53.1 Å². The van der Waals surface area contributed by atoms with Gasteiger partial charge in [0.1, 0.15) is 11.9 Å². The number of hydrogen-bond donors (Lipinski definition) is 0. The van der Waals surface area contributed by atoms with Crippen LogP contribution in [0, 0.1) is 17.7 Å². The molecule has 0 bridgehead atoms. The largest absolute Gasteiger partial charge is 0.496 e. The van der Waals surface area contributed by atoms with Crippen molar-refractivity contribution in [3.05, 3.63) is 64.5 Å².